The molecule has 0 spiro atoms. The van der Waals surface area contributed by atoms with Crippen molar-refractivity contribution in [1.29, 1.82) is 10.8 Å². The van der Waals surface area contributed by atoms with Gasteiger partial charge in [0, 0.05) is 90.0 Å². The molecule has 12 N–H and O–H groups in total. The fourth-order valence-corrected chi connectivity index (χ4v) is 5.84. The van der Waals surface area contributed by atoms with E-state index in [1.807, 2.05) is 0 Å². The third-order valence-electron chi connectivity index (χ3n) is 8.73. The molecule has 4 aromatic heterocycles. The summed E-state index contributed by atoms with van der Waals surface area (Å²) in [7, 11) is 6.57. The topological polar surface area (TPSA) is 294 Å². The second-order valence-electron chi connectivity index (χ2n) is 13.4. The van der Waals surface area contributed by atoms with Gasteiger partial charge in [0.1, 0.15) is 22.8 Å². The van der Waals surface area contributed by atoms with Crippen LogP contribution in [0.15, 0.2) is 73.3 Å². The lowest BCUT2D eigenvalue weighted by Gasteiger charge is -2.06. The first kappa shape index (κ1) is 41.3. The Morgan fingerprint density at radius 3 is 1.09 bits per heavy atom. The van der Waals surface area contributed by atoms with E-state index < -0.39 is 35.4 Å². The number of nitrogens with two attached hydrogens (primary N) is 2. The summed E-state index contributed by atoms with van der Waals surface area (Å²) in [5.41, 5.74) is 13.4. The fraction of sp³-hybridized carbons (Fsp3) is 0.211. The Bertz CT molecular complexity index is 2280. The molecular weight excluding hydrogens is 749 g/mol. The van der Waals surface area contributed by atoms with E-state index in [9.17, 15) is 28.8 Å². The van der Waals surface area contributed by atoms with Gasteiger partial charge in [-0.05, 0) is 42.5 Å². The molecule has 6 amide bonds. The van der Waals surface area contributed by atoms with E-state index in [1.54, 1.807) is 68.2 Å². The fourth-order valence-electron chi connectivity index (χ4n) is 5.84. The van der Waals surface area contributed by atoms with E-state index in [2.05, 4.69) is 31.9 Å². The molecule has 0 aliphatic heterocycles. The van der Waals surface area contributed by atoms with Gasteiger partial charge in [0.15, 0.2) is 0 Å². The maximum absolute atomic E-state index is 13.3. The molecule has 0 aliphatic carbocycles. The molecular formula is C38H44N14O6. The summed E-state index contributed by atoms with van der Waals surface area (Å²) in [6.07, 6.45) is 6.68. The minimum Gasteiger partial charge on any atom is -0.388 e. The average Bonchev–Trinajstić information content (AvgIpc) is 3.92. The summed E-state index contributed by atoms with van der Waals surface area (Å²) in [6.45, 7) is 0.393. The van der Waals surface area contributed by atoms with Crippen molar-refractivity contribution >= 4 is 69.9 Å². The molecule has 302 valence electrons. The lowest BCUT2D eigenvalue weighted by atomic mass is 10.1. The molecule has 0 atom stereocenters. The average molecular weight is 793 g/mol. The van der Waals surface area contributed by atoms with Crippen LogP contribution in [-0.2, 0) is 28.2 Å². The number of nitrogens with one attached hydrogen (secondary N) is 8. The number of hydrogen-bond donors (Lipinski definition) is 10. The molecule has 0 bridgehead atoms. The number of amides is 6. The van der Waals surface area contributed by atoms with E-state index in [0.717, 1.165) is 0 Å². The second kappa shape index (κ2) is 17.7. The molecule has 20 nitrogen and oxygen atoms in total. The number of hydrogen-bond acceptors (Lipinski definition) is 8. The zero-order valence-electron chi connectivity index (χ0n) is 32.1. The van der Waals surface area contributed by atoms with Gasteiger partial charge in [-0.25, -0.2) is 0 Å². The largest absolute Gasteiger partial charge is 0.388 e. The third kappa shape index (κ3) is 10.2. The highest BCUT2D eigenvalue weighted by Gasteiger charge is 2.20. The van der Waals surface area contributed by atoms with Crippen molar-refractivity contribution in [3.63, 3.8) is 0 Å². The Kier molecular flexibility index (Phi) is 12.6. The molecule has 20 heteroatoms. The van der Waals surface area contributed by atoms with Crippen molar-refractivity contribution < 1.29 is 28.8 Å². The molecule has 0 saturated carbocycles. The van der Waals surface area contributed by atoms with Gasteiger partial charge >= 0.3 is 0 Å². The Morgan fingerprint density at radius 2 is 0.776 bits per heavy atom. The Labute approximate surface area is 331 Å². The van der Waals surface area contributed by atoms with Gasteiger partial charge in [0.05, 0.1) is 34.4 Å². The van der Waals surface area contributed by atoms with Crippen molar-refractivity contribution in [2.24, 2.45) is 39.7 Å². The molecule has 0 aliphatic rings. The van der Waals surface area contributed by atoms with E-state index >= 15 is 0 Å². The molecule has 1 aromatic carbocycles. The first-order valence-electron chi connectivity index (χ1n) is 17.7. The predicted octanol–water partition coefficient (Wildman–Crippen LogP) is 2.16. The van der Waals surface area contributed by atoms with Crippen LogP contribution in [-0.4, -0.2) is 78.5 Å². The number of nitrogens with zero attached hydrogens (tertiary/aromatic N) is 4. The minimum atomic E-state index is -0.535. The summed E-state index contributed by atoms with van der Waals surface area (Å²) >= 11 is 0. The highest BCUT2D eigenvalue weighted by molar-refractivity contribution is 6.11. The summed E-state index contributed by atoms with van der Waals surface area (Å²) in [5, 5.41) is 30.9. The van der Waals surface area contributed by atoms with E-state index in [0.29, 0.717) is 22.7 Å². The third-order valence-corrected chi connectivity index (χ3v) is 8.73. The van der Waals surface area contributed by atoms with Crippen LogP contribution in [0.4, 0.5) is 22.7 Å². The van der Waals surface area contributed by atoms with E-state index in [4.69, 9.17) is 22.3 Å². The highest BCUT2D eigenvalue weighted by Crippen LogP contribution is 2.21. The zero-order valence-corrected chi connectivity index (χ0v) is 32.1. The summed E-state index contributed by atoms with van der Waals surface area (Å²) < 4.78 is 6.15. The molecule has 5 aromatic rings. The van der Waals surface area contributed by atoms with Crippen LogP contribution in [0, 0.1) is 10.8 Å². The molecule has 0 fully saturated rings. The van der Waals surface area contributed by atoms with Crippen molar-refractivity contribution in [3.05, 3.63) is 107 Å². The highest BCUT2D eigenvalue weighted by atomic mass is 16.2. The maximum atomic E-state index is 13.3. The monoisotopic (exact) mass is 792 g/mol. The second-order valence-corrected chi connectivity index (χ2v) is 13.4. The van der Waals surface area contributed by atoms with Gasteiger partial charge in [-0.15, -0.1) is 0 Å². The standard InChI is InChI=1S/C38H44N14O6/c1-49-19-25(13-27(49)35(55)43-10-8-31(39)40)47-37(57)29-15-23(17-51(29)3)45-33(53)21-6-5-7-22(12-21)34(54)46-24-16-30(52(4)18-24)38(58)48-26-14-28(50(2)20-26)36(56)44-11-9-32(41)42/h5-7,12-20H,8-11H2,1-4H3,(H3,39,40)(H3,41,42)(H,43,55)(H,44,56)(H,45,53)(H,46,54)(H,47,57)(H,48,58). The number of aromatic nitrogens is 4. The SMILES string of the molecule is Cn1cc(NC(=O)c2cc(NC(=O)c3cccc(C(=O)Nc4cc(C(=O)Nc5cc(C(=O)NCCC(=N)N)n(C)c5)n(C)c4)c3)cn2C)cc1C(=O)NCCC(=N)N. The molecule has 0 saturated heterocycles. The predicted molar refractivity (Wildman–Crippen MR) is 218 cm³/mol. The van der Waals surface area contributed by atoms with Gasteiger partial charge in [-0.1, -0.05) is 6.07 Å². The van der Waals surface area contributed by atoms with Gasteiger partial charge in [0.2, 0.25) is 0 Å². The quantitative estimate of drug-likeness (QED) is 0.0521. The number of carbonyl (C=O) groups excluding carboxylic acids is 6. The van der Waals surface area contributed by atoms with Crippen LogP contribution in [0.25, 0.3) is 0 Å². The van der Waals surface area contributed by atoms with Gasteiger partial charge in [-0.3, -0.25) is 39.6 Å². The van der Waals surface area contributed by atoms with Crippen molar-refractivity contribution in [2.45, 2.75) is 12.8 Å². The van der Waals surface area contributed by atoms with Crippen molar-refractivity contribution in [1.82, 2.24) is 28.9 Å². The van der Waals surface area contributed by atoms with Gasteiger partial charge in [0.25, 0.3) is 35.4 Å². The number of rotatable bonds is 16. The number of amidine groups is 2. The molecule has 5 rings (SSSR count). The van der Waals surface area contributed by atoms with Crippen LogP contribution in [0.5, 0.6) is 0 Å². The van der Waals surface area contributed by atoms with Crippen LogP contribution in [0.2, 0.25) is 0 Å². The molecule has 0 radical (unpaired) electrons. The van der Waals surface area contributed by atoms with Crippen LogP contribution in [0.3, 0.4) is 0 Å². The van der Waals surface area contributed by atoms with Crippen LogP contribution < -0.4 is 43.4 Å². The van der Waals surface area contributed by atoms with Crippen molar-refractivity contribution in [2.75, 3.05) is 34.4 Å². The minimum absolute atomic E-state index is 0.0474. The normalized spacial score (nSPS) is 10.7. The molecule has 4 heterocycles. The smallest absolute Gasteiger partial charge is 0.272 e. The summed E-state index contributed by atoms with van der Waals surface area (Å²) in [4.78, 5) is 77.9. The summed E-state index contributed by atoms with van der Waals surface area (Å²) in [6, 6.07) is 12.0. The number of anilines is 4. The van der Waals surface area contributed by atoms with E-state index in [1.165, 1.54) is 51.6 Å². The lowest BCUT2D eigenvalue weighted by molar-refractivity contribution is 0.0938. The molecule has 0 unspecified atom stereocenters. The first-order chi connectivity index (χ1) is 27.5. The maximum Gasteiger partial charge on any atom is 0.272 e. The zero-order chi connectivity index (χ0) is 42.3. The van der Waals surface area contributed by atoms with E-state index in [-0.39, 0.29) is 71.5 Å². The Balaban J connectivity index is 1.17. The van der Waals surface area contributed by atoms with Crippen LogP contribution >= 0.6 is 0 Å². The Morgan fingerprint density at radius 1 is 0.483 bits per heavy atom. The number of aryl methyl sites for hydroxylation is 4. The molecule has 58 heavy (non-hydrogen) atoms. The van der Waals surface area contributed by atoms with Crippen LogP contribution in [0.1, 0.15) is 75.5 Å². The number of benzene rings is 1. The van der Waals surface area contributed by atoms with Gasteiger partial charge in [-0.2, -0.15) is 0 Å². The first-order valence-corrected chi connectivity index (χ1v) is 17.7. The van der Waals surface area contributed by atoms with Gasteiger partial charge < -0.3 is 61.6 Å². The number of carbonyl (C=O) groups is 6. The summed E-state index contributed by atoms with van der Waals surface area (Å²) in [5.74, 6) is -2.93. The lowest BCUT2D eigenvalue weighted by Crippen LogP contribution is -2.28. The van der Waals surface area contributed by atoms with Crippen molar-refractivity contribution in [3.8, 4) is 0 Å². The Hall–Kier alpha value is -7.90.